The van der Waals surface area contributed by atoms with Crippen LogP contribution < -0.4 is 5.32 Å². The van der Waals surface area contributed by atoms with Crippen molar-refractivity contribution >= 4 is 5.91 Å². The molecule has 4 heteroatoms. The monoisotopic (exact) mass is 235 g/mol. The molecule has 0 saturated heterocycles. The molecule has 2 N–H and O–H groups in total. The first-order chi connectivity index (χ1) is 8.09. The Morgan fingerprint density at radius 1 is 1.53 bits per heavy atom. The number of benzene rings is 1. The van der Waals surface area contributed by atoms with Gasteiger partial charge in [0.1, 0.15) is 5.75 Å². The molecule has 0 aliphatic carbocycles. The van der Waals surface area contributed by atoms with Crippen molar-refractivity contribution in [3.8, 4) is 5.75 Å². The Balaban J connectivity index is 2.28. The van der Waals surface area contributed by atoms with Gasteiger partial charge in [0, 0.05) is 12.1 Å². The van der Waals surface area contributed by atoms with E-state index in [1.165, 1.54) is 12.1 Å². The van der Waals surface area contributed by atoms with Crippen LogP contribution in [0, 0.1) is 0 Å². The van der Waals surface area contributed by atoms with Crippen LogP contribution in [0.5, 0.6) is 5.75 Å². The van der Waals surface area contributed by atoms with E-state index < -0.39 is 0 Å². The van der Waals surface area contributed by atoms with Crippen LogP contribution in [0.4, 0.5) is 0 Å². The van der Waals surface area contributed by atoms with Crippen molar-refractivity contribution in [2.45, 2.75) is 6.92 Å². The molecular formula is C13H17NO3. The quantitative estimate of drug-likeness (QED) is 0.583. The summed E-state index contributed by atoms with van der Waals surface area (Å²) >= 11 is 0. The van der Waals surface area contributed by atoms with Gasteiger partial charge in [0.15, 0.2) is 0 Å². The Kier molecular flexibility index (Phi) is 5.23. The number of aromatic hydroxyl groups is 1. The molecule has 4 nitrogen and oxygen atoms in total. The Bertz CT molecular complexity index is 401. The maximum absolute atomic E-state index is 11.6. The predicted molar refractivity (Wildman–Crippen MR) is 66.1 cm³/mol. The second-order valence-corrected chi connectivity index (χ2v) is 3.82. The van der Waals surface area contributed by atoms with Crippen molar-refractivity contribution in [2.75, 3.05) is 19.8 Å². The van der Waals surface area contributed by atoms with Crippen LogP contribution in [0.15, 0.2) is 36.4 Å². The smallest absolute Gasteiger partial charge is 0.251 e. The van der Waals surface area contributed by atoms with E-state index in [1.54, 1.807) is 12.1 Å². The molecule has 0 aliphatic rings. The lowest BCUT2D eigenvalue weighted by molar-refractivity contribution is 0.0926. The molecule has 0 aliphatic heterocycles. The summed E-state index contributed by atoms with van der Waals surface area (Å²) in [6, 6.07) is 6.21. The number of ether oxygens (including phenoxy) is 1. The van der Waals surface area contributed by atoms with Gasteiger partial charge < -0.3 is 15.2 Å². The van der Waals surface area contributed by atoms with Crippen LogP contribution in [0.1, 0.15) is 17.3 Å². The molecule has 92 valence electrons. The van der Waals surface area contributed by atoms with Gasteiger partial charge >= 0.3 is 0 Å². The summed E-state index contributed by atoms with van der Waals surface area (Å²) in [6.07, 6.45) is 0. The summed E-state index contributed by atoms with van der Waals surface area (Å²) in [5.74, 6) is -0.143. The highest BCUT2D eigenvalue weighted by atomic mass is 16.5. The molecule has 0 aromatic heterocycles. The van der Waals surface area contributed by atoms with Crippen LogP contribution in [0.2, 0.25) is 0 Å². The van der Waals surface area contributed by atoms with Gasteiger partial charge in [-0.05, 0) is 25.1 Å². The molecule has 0 heterocycles. The zero-order valence-corrected chi connectivity index (χ0v) is 9.90. The Hall–Kier alpha value is -1.81. The lowest BCUT2D eigenvalue weighted by atomic mass is 10.2. The first kappa shape index (κ1) is 13.3. The van der Waals surface area contributed by atoms with Crippen LogP contribution in [-0.4, -0.2) is 30.8 Å². The number of hydrogen-bond donors (Lipinski definition) is 2. The molecule has 0 unspecified atom stereocenters. The van der Waals surface area contributed by atoms with Gasteiger partial charge in [-0.3, -0.25) is 4.79 Å². The first-order valence-electron chi connectivity index (χ1n) is 5.39. The molecule has 0 radical (unpaired) electrons. The Morgan fingerprint density at radius 2 is 2.29 bits per heavy atom. The largest absolute Gasteiger partial charge is 0.508 e. The lowest BCUT2D eigenvalue weighted by Gasteiger charge is -2.06. The van der Waals surface area contributed by atoms with E-state index in [0.29, 0.717) is 25.3 Å². The maximum atomic E-state index is 11.6. The fourth-order valence-corrected chi connectivity index (χ4v) is 1.23. The summed E-state index contributed by atoms with van der Waals surface area (Å²) in [7, 11) is 0. The molecule has 0 spiro atoms. The summed E-state index contributed by atoms with van der Waals surface area (Å²) in [4.78, 5) is 11.6. The average Bonchev–Trinajstić information content (AvgIpc) is 2.28. The summed E-state index contributed by atoms with van der Waals surface area (Å²) in [5, 5.41) is 11.9. The first-order valence-corrected chi connectivity index (χ1v) is 5.39. The molecule has 1 aromatic carbocycles. The Morgan fingerprint density at radius 3 is 2.94 bits per heavy atom. The molecule has 0 saturated carbocycles. The van der Waals surface area contributed by atoms with Gasteiger partial charge in [-0.15, -0.1) is 0 Å². The Labute approximate surface area is 101 Å². The number of amides is 1. The van der Waals surface area contributed by atoms with E-state index in [2.05, 4.69) is 11.9 Å². The number of nitrogens with one attached hydrogen (secondary N) is 1. The third-order valence-corrected chi connectivity index (χ3v) is 1.99. The van der Waals surface area contributed by atoms with Gasteiger partial charge in [-0.1, -0.05) is 18.2 Å². The van der Waals surface area contributed by atoms with Crippen molar-refractivity contribution in [1.29, 1.82) is 0 Å². The highest BCUT2D eigenvalue weighted by Gasteiger charge is 2.04. The summed E-state index contributed by atoms with van der Waals surface area (Å²) in [5.41, 5.74) is 1.38. The van der Waals surface area contributed by atoms with E-state index in [0.717, 1.165) is 5.57 Å². The normalized spacial score (nSPS) is 9.94. The third kappa shape index (κ3) is 5.17. The topological polar surface area (TPSA) is 58.6 Å². The van der Waals surface area contributed by atoms with Crippen LogP contribution in [0.25, 0.3) is 0 Å². The second-order valence-electron chi connectivity index (χ2n) is 3.82. The SMILES string of the molecule is C=C(C)COCCNC(=O)c1cccc(O)c1. The van der Waals surface area contributed by atoms with Crippen LogP contribution in [-0.2, 0) is 4.74 Å². The van der Waals surface area contributed by atoms with Gasteiger partial charge in [0.25, 0.3) is 5.91 Å². The molecule has 0 fully saturated rings. The fraction of sp³-hybridized carbons (Fsp3) is 0.308. The van der Waals surface area contributed by atoms with E-state index in [4.69, 9.17) is 4.74 Å². The maximum Gasteiger partial charge on any atom is 0.251 e. The molecule has 1 rings (SSSR count). The van der Waals surface area contributed by atoms with Crippen LogP contribution >= 0.6 is 0 Å². The zero-order chi connectivity index (χ0) is 12.7. The van der Waals surface area contributed by atoms with Crippen molar-refractivity contribution in [1.82, 2.24) is 5.32 Å². The zero-order valence-electron chi connectivity index (χ0n) is 9.90. The van der Waals surface area contributed by atoms with Crippen molar-refractivity contribution in [3.63, 3.8) is 0 Å². The molecule has 1 amide bonds. The van der Waals surface area contributed by atoms with Gasteiger partial charge in [0.2, 0.25) is 0 Å². The fourth-order valence-electron chi connectivity index (χ4n) is 1.23. The number of carbonyl (C=O) groups is 1. The summed E-state index contributed by atoms with van der Waals surface area (Å²) in [6.45, 7) is 6.96. The molecule has 0 bridgehead atoms. The minimum absolute atomic E-state index is 0.0798. The second kappa shape index (κ2) is 6.70. The van der Waals surface area contributed by atoms with E-state index in [9.17, 15) is 9.90 Å². The van der Waals surface area contributed by atoms with Crippen molar-refractivity contribution in [2.24, 2.45) is 0 Å². The number of phenols is 1. The number of phenolic OH excluding ortho intramolecular Hbond substituents is 1. The van der Waals surface area contributed by atoms with Gasteiger partial charge in [-0.25, -0.2) is 0 Å². The van der Waals surface area contributed by atoms with Crippen LogP contribution in [0.3, 0.4) is 0 Å². The predicted octanol–water partition coefficient (Wildman–Crippen LogP) is 1.71. The number of hydrogen-bond acceptors (Lipinski definition) is 3. The summed E-state index contributed by atoms with van der Waals surface area (Å²) < 4.78 is 5.24. The van der Waals surface area contributed by atoms with E-state index >= 15 is 0 Å². The minimum Gasteiger partial charge on any atom is -0.508 e. The number of rotatable bonds is 6. The van der Waals surface area contributed by atoms with Crippen molar-refractivity contribution in [3.05, 3.63) is 42.0 Å². The number of carbonyl (C=O) groups excluding carboxylic acids is 1. The van der Waals surface area contributed by atoms with Gasteiger partial charge in [-0.2, -0.15) is 0 Å². The molecule has 0 atom stereocenters. The molecule has 17 heavy (non-hydrogen) atoms. The molecular weight excluding hydrogens is 218 g/mol. The van der Waals surface area contributed by atoms with E-state index in [1.807, 2.05) is 6.92 Å². The highest BCUT2D eigenvalue weighted by molar-refractivity contribution is 5.94. The van der Waals surface area contributed by atoms with Gasteiger partial charge in [0.05, 0.1) is 13.2 Å². The molecule has 1 aromatic rings. The van der Waals surface area contributed by atoms with Crippen molar-refractivity contribution < 1.29 is 14.6 Å². The average molecular weight is 235 g/mol. The standard InChI is InChI=1S/C13H17NO3/c1-10(2)9-17-7-6-14-13(16)11-4-3-5-12(15)8-11/h3-5,8,15H,1,6-7,9H2,2H3,(H,14,16). The lowest BCUT2D eigenvalue weighted by Crippen LogP contribution is -2.27. The van der Waals surface area contributed by atoms with E-state index in [-0.39, 0.29) is 11.7 Å². The minimum atomic E-state index is -0.222. The highest BCUT2D eigenvalue weighted by Crippen LogP contribution is 2.10. The third-order valence-electron chi connectivity index (χ3n) is 1.99.